The summed E-state index contributed by atoms with van der Waals surface area (Å²) in [6.07, 6.45) is 5.42. The zero-order valence-electron chi connectivity index (χ0n) is 17.2. The third-order valence-electron chi connectivity index (χ3n) is 6.70. The monoisotopic (exact) mass is 344 g/mol. The van der Waals surface area contributed by atoms with Gasteiger partial charge in [-0.1, -0.05) is 59.2 Å². The molecule has 0 radical (unpaired) electrons. The minimum Gasteiger partial charge on any atom is -0.469 e. The molecule has 2 aliphatic carbocycles. The Kier molecular flexibility index (Phi) is 6.01. The highest BCUT2D eigenvalue weighted by Crippen LogP contribution is 2.57. The first kappa shape index (κ1) is 20.0. The minimum absolute atomic E-state index is 0.0179. The van der Waals surface area contributed by atoms with Crippen molar-refractivity contribution in [1.29, 1.82) is 0 Å². The topological polar surface area (TPSA) is 26.3 Å². The molecule has 3 rings (SSSR count). The first-order chi connectivity index (χ1) is 11.8. The molecule has 1 saturated carbocycles. The molecule has 0 spiro atoms. The number of aryl methyl sites for hydroxylation is 1. The number of carbonyl (C=O) groups is 1. The highest BCUT2D eigenvalue weighted by molar-refractivity contribution is 5.77. The van der Waals surface area contributed by atoms with Crippen LogP contribution in [0.4, 0.5) is 0 Å². The van der Waals surface area contributed by atoms with Crippen LogP contribution in [-0.2, 0) is 21.4 Å². The fourth-order valence-electron chi connectivity index (χ4n) is 5.35. The molecule has 140 valence electrons. The van der Waals surface area contributed by atoms with Crippen LogP contribution in [0.3, 0.4) is 0 Å². The fraction of sp³-hybridized carbons (Fsp3) is 0.696. The van der Waals surface area contributed by atoms with E-state index < -0.39 is 0 Å². The van der Waals surface area contributed by atoms with Gasteiger partial charge in [-0.3, -0.25) is 4.79 Å². The predicted octanol–water partition coefficient (Wildman–Crippen LogP) is 6.02. The molecule has 0 heterocycles. The van der Waals surface area contributed by atoms with E-state index in [1.54, 1.807) is 0 Å². The van der Waals surface area contributed by atoms with Crippen molar-refractivity contribution in [2.45, 2.75) is 85.0 Å². The first-order valence-electron chi connectivity index (χ1n) is 10.0. The molecule has 0 N–H and O–H groups in total. The Hall–Kier alpha value is -1.31. The highest BCUT2D eigenvalue weighted by atomic mass is 16.5. The fourth-order valence-corrected chi connectivity index (χ4v) is 5.35. The average molecular weight is 345 g/mol. The van der Waals surface area contributed by atoms with Crippen LogP contribution in [0.25, 0.3) is 0 Å². The van der Waals surface area contributed by atoms with Gasteiger partial charge >= 0.3 is 5.97 Å². The predicted molar refractivity (Wildman–Crippen MR) is 105 cm³/mol. The lowest BCUT2D eigenvalue weighted by atomic mass is 9.49. The number of ether oxygens (including phenoxy) is 1. The summed E-state index contributed by atoms with van der Waals surface area (Å²) >= 11 is 0. The Bertz CT molecular complexity index is 619. The number of benzene rings is 1. The maximum atomic E-state index is 12.5. The van der Waals surface area contributed by atoms with Crippen molar-refractivity contribution in [3.05, 3.63) is 34.9 Å². The Morgan fingerprint density at radius 3 is 2.48 bits per heavy atom. The highest BCUT2D eigenvalue weighted by Gasteiger charge is 2.55. The van der Waals surface area contributed by atoms with Gasteiger partial charge in [0.1, 0.15) is 0 Å². The number of esters is 1. The van der Waals surface area contributed by atoms with Crippen molar-refractivity contribution in [1.82, 2.24) is 0 Å². The lowest BCUT2D eigenvalue weighted by Crippen LogP contribution is -2.52. The summed E-state index contributed by atoms with van der Waals surface area (Å²) in [5.74, 6) is 0.932. The van der Waals surface area contributed by atoms with Crippen LogP contribution in [0.15, 0.2) is 18.2 Å². The molecular weight excluding hydrogens is 308 g/mol. The third-order valence-corrected chi connectivity index (χ3v) is 6.70. The van der Waals surface area contributed by atoms with E-state index in [4.69, 9.17) is 4.74 Å². The van der Waals surface area contributed by atoms with Gasteiger partial charge in [0.2, 0.25) is 0 Å². The van der Waals surface area contributed by atoms with Gasteiger partial charge < -0.3 is 4.74 Å². The number of fused-ring (bicyclic) bond motifs is 3. The van der Waals surface area contributed by atoms with Gasteiger partial charge in [-0.25, -0.2) is 0 Å². The average Bonchev–Trinajstić information content (AvgIpc) is 2.62. The summed E-state index contributed by atoms with van der Waals surface area (Å²) in [5.41, 5.74) is 4.18. The van der Waals surface area contributed by atoms with Crippen molar-refractivity contribution in [2.24, 2.45) is 11.3 Å². The number of rotatable bonds is 2. The normalized spacial score (nSPS) is 30.6. The van der Waals surface area contributed by atoms with Crippen molar-refractivity contribution >= 4 is 5.97 Å². The van der Waals surface area contributed by atoms with Crippen LogP contribution in [-0.4, -0.2) is 13.1 Å². The summed E-state index contributed by atoms with van der Waals surface area (Å²) < 4.78 is 5.19. The number of methoxy groups -OCH3 is 1. The summed E-state index contributed by atoms with van der Waals surface area (Å²) in [7, 11) is 1.53. The van der Waals surface area contributed by atoms with Crippen molar-refractivity contribution in [3.8, 4) is 0 Å². The number of hydrogen-bond acceptors (Lipinski definition) is 2. The largest absolute Gasteiger partial charge is 0.469 e. The molecule has 0 saturated heterocycles. The number of carbonyl (C=O) groups excluding carboxylic acids is 1. The van der Waals surface area contributed by atoms with Gasteiger partial charge in [0.25, 0.3) is 0 Å². The summed E-state index contributed by atoms with van der Waals surface area (Å²) in [5, 5.41) is 0. The molecule has 1 unspecified atom stereocenters. The quantitative estimate of drug-likeness (QED) is 0.613. The molecule has 1 fully saturated rings. The molecule has 0 amide bonds. The summed E-state index contributed by atoms with van der Waals surface area (Å²) in [4.78, 5) is 12.5. The van der Waals surface area contributed by atoms with Crippen LogP contribution >= 0.6 is 0 Å². The Balaban J connectivity index is 0.00000109. The second-order valence-electron chi connectivity index (χ2n) is 8.34. The molecular formula is C23H36O2. The van der Waals surface area contributed by atoms with Crippen LogP contribution < -0.4 is 0 Å². The smallest absolute Gasteiger partial charge is 0.311 e. The van der Waals surface area contributed by atoms with E-state index in [-0.39, 0.29) is 16.8 Å². The molecule has 2 nitrogen and oxygen atoms in total. The Labute approximate surface area is 154 Å². The van der Waals surface area contributed by atoms with Gasteiger partial charge in [0.05, 0.1) is 12.5 Å². The van der Waals surface area contributed by atoms with Gasteiger partial charge in [-0.05, 0) is 66.5 Å². The molecule has 0 aromatic heterocycles. The van der Waals surface area contributed by atoms with E-state index in [9.17, 15) is 4.79 Å². The molecule has 2 aliphatic rings. The molecule has 25 heavy (non-hydrogen) atoms. The van der Waals surface area contributed by atoms with Crippen molar-refractivity contribution in [3.63, 3.8) is 0 Å². The maximum Gasteiger partial charge on any atom is 0.311 e. The van der Waals surface area contributed by atoms with Gasteiger partial charge in [-0.15, -0.1) is 0 Å². The van der Waals surface area contributed by atoms with E-state index >= 15 is 0 Å². The molecule has 2 heteroatoms. The second kappa shape index (κ2) is 7.51. The molecule has 0 bridgehead atoms. The SMILES string of the molecule is CC.COC(=O)[C@]1(C)CCC[C@]2(C)c3ccc(C(C)C)cc3CCC12. The van der Waals surface area contributed by atoms with E-state index in [2.05, 4.69) is 45.9 Å². The zero-order chi connectivity index (χ0) is 18.8. The lowest BCUT2D eigenvalue weighted by Gasteiger charge is -2.54. The molecule has 3 atom stereocenters. The van der Waals surface area contributed by atoms with E-state index in [0.29, 0.717) is 11.8 Å². The Morgan fingerprint density at radius 2 is 1.88 bits per heavy atom. The minimum atomic E-state index is -0.337. The standard InChI is InChI=1S/C21H30O2.C2H6/c1-14(2)15-7-9-17-16(13-15)8-10-18-20(17,3)11-6-12-21(18,4)19(22)23-5;1-2/h7,9,13-14,18H,6,8,10-12H2,1-5H3;1-2H3/t18?,20-,21-;/m1./s1. The van der Waals surface area contributed by atoms with E-state index in [1.807, 2.05) is 13.8 Å². The van der Waals surface area contributed by atoms with Crippen LogP contribution in [0.2, 0.25) is 0 Å². The van der Waals surface area contributed by atoms with Gasteiger partial charge in [0, 0.05) is 0 Å². The van der Waals surface area contributed by atoms with Crippen molar-refractivity contribution in [2.75, 3.05) is 7.11 Å². The maximum absolute atomic E-state index is 12.5. The van der Waals surface area contributed by atoms with E-state index in [0.717, 1.165) is 25.7 Å². The van der Waals surface area contributed by atoms with E-state index in [1.165, 1.54) is 30.2 Å². The Morgan fingerprint density at radius 1 is 1.20 bits per heavy atom. The van der Waals surface area contributed by atoms with Gasteiger partial charge in [-0.2, -0.15) is 0 Å². The van der Waals surface area contributed by atoms with Gasteiger partial charge in [0.15, 0.2) is 0 Å². The molecule has 0 aliphatic heterocycles. The second-order valence-corrected chi connectivity index (χ2v) is 8.34. The molecule has 1 aromatic carbocycles. The number of hydrogen-bond donors (Lipinski definition) is 0. The van der Waals surface area contributed by atoms with Crippen LogP contribution in [0.5, 0.6) is 0 Å². The van der Waals surface area contributed by atoms with Crippen LogP contribution in [0, 0.1) is 11.3 Å². The summed E-state index contributed by atoms with van der Waals surface area (Å²) in [6, 6.07) is 7.05. The summed E-state index contributed by atoms with van der Waals surface area (Å²) in [6.45, 7) is 13.0. The van der Waals surface area contributed by atoms with Crippen molar-refractivity contribution < 1.29 is 9.53 Å². The van der Waals surface area contributed by atoms with Crippen LogP contribution in [0.1, 0.15) is 89.8 Å². The molecule has 1 aromatic rings. The lowest BCUT2D eigenvalue weighted by molar-refractivity contribution is -0.161. The zero-order valence-corrected chi connectivity index (χ0v) is 17.2. The third kappa shape index (κ3) is 3.25. The first-order valence-corrected chi connectivity index (χ1v) is 10.0.